The van der Waals surface area contributed by atoms with Crippen LogP contribution in [-0.2, 0) is 22.0 Å². The SMILES string of the molecule is COC(=O)C(N)C1(c2cc(C)n(C)n2)CC1. The number of rotatable bonds is 3. The van der Waals surface area contributed by atoms with Gasteiger partial charge in [0.25, 0.3) is 0 Å². The molecule has 1 saturated carbocycles. The van der Waals surface area contributed by atoms with E-state index in [0.29, 0.717) is 0 Å². The van der Waals surface area contributed by atoms with E-state index in [4.69, 9.17) is 10.5 Å². The highest BCUT2D eigenvalue weighted by molar-refractivity contribution is 5.78. The number of aromatic nitrogens is 2. The van der Waals surface area contributed by atoms with Crippen LogP contribution in [0.25, 0.3) is 0 Å². The Kier molecular flexibility index (Phi) is 2.50. The molecule has 16 heavy (non-hydrogen) atoms. The van der Waals surface area contributed by atoms with Crippen LogP contribution in [0.5, 0.6) is 0 Å². The number of ether oxygens (including phenoxy) is 1. The molecule has 1 aromatic rings. The third-order valence-corrected chi connectivity index (χ3v) is 3.46. The van der Waals surface area contributed by atoms with Gasteiger partial charge < -0.3 is 10.5 Å². The van der Waals surface area contributed by atoms with Crippen LogP contribution in [0.15, 0.2) is 6.07 Å². The summed E-state index contributed by atoms with van der Waals surface area (Å²) in [5, 5.41) is 4.41. The van der Waals surface area contributed by atoms with E-state index in [-0.39, 0.29) is 11.4 Å². The summed E-state index contributed by atoms with van der Waals surface area (Å²) in [5.41, 5.74) is 7.62. The number of aryl methyl sites for hydroxylation is 2. The molecule has 2 N–H and O–H groups in total. The molecule has 1 fully saturated rings. The minimum atomic E-state index is -0.605. The molecule has 0 amide bonds. The molecule has 1 heterocycles. The van der Waals surface area contributed by atoms with Gasteiger partial charge in [0, 0.05) is 18.2 Å². The van der Waals surface area contributed by atoms with E-state index in [9.17, 15) is 4.79 Å². The standard InChI is InChI=1S/C11H17N3O2/c1-7-6-8(13-14(7)2)11(4-5-11)9(12)10(15)16-3/h6,9H,4-5,12H2,1-3H3. The zero-order chi connectivity index (χ0) is 11.9. The number of nitrogens with zero attached hydrogens (tertiary/aromatic N) is 2. The Hall–Kier alpha value is -1.36. The monoisotopic (exact) mass is 223 g/mol. The van der Waals surface area contributed by atoms with Gasteiger partial charge in [-0.3, -0.25) is 9.48 Å². The highest BCUT2D eigenvalue weighted by atomic mass is 16.5. The lowest BCUT2D eigenvalue weighted by Gasteiger charge is -2.18. The maximum atomic E-state index is 11.5. The zero-order valence-corrected chi connectivity index (χ0v) is 9.86. The van der Waals surface area contributed by atoms with Crippen LogP contribution < -0.4 is 5.73 Å². The Morgan fingerprint density at radius 2 is 2.31 bits per heavy atom. The molecule has 5 nitrogen and oxygen atoms in total. The van der Waals surface area contributed by atoms with Gasteiger partial charge in [0.15, 0.2) is 0 Å². The van der Waals surface area contributed by atoms with Crippen LogP contribution in [0.3, 0.4) is 0 Å². The summed E-state index contributed by atoms with van der Waals surface area (Å²) in [6.07, 6.45) is 1.80. The minimum Gasteiger partial charge on any atom is -0.468 e. The molecule has 0 bridgehead atoms. The van der Waals surface area contributed by atoms with Gasteiger partial charge in [-0.15, -0.1) is 0 Å². The van der Waals surface area contributed by atoms with Crippen LogP contribution in [0.1, 0.15) is 24.2 Å². The van der Waals surface area contributed by atoms with Gasteiger partial charge in [-0.1, -0.05) is 0 Å². The molecule has 0 spiro atoms. The lowest BCUT2D eigenvalue weighted by atomic mass is 9.93. The number of methoxy groups -OCH3 is 1. The molecule has 88 valence electrons. The molecule has 0 aliphatic heterocycles. The van der Waals surface area contributed by atoms with Crippen LogP contribution in [0, 0.1) is 6.92 Å². The molecule has 1 aromatic heterocycles. The first kappa shape index (κ1) is 11.1. The highest BCUT2D eigenvalue weighted by Gasteiger charge is 2.54. The van der Waals surface area contributed by atoms with Gasteiger partial charge in [-0.2, -0.15) is 5.10 Å². The Balaban J connectivity index is 2.29. The Morgan fingerprint density at radius 1 is 1.69 bits per heavy atom. The zero-order valence-electron chi connectivity index (χ0n) is 9.86. The molecule has 0 aromatic carbocycles. The van der Waals surface area contributed by atoms with E-state index in [1.165, 1.54) is 7.11 Å². The van der Waals surface area contributed by atoms with Gasteiger partial charge >= 0.3 is 5.97 Å². The summed E-state index contributed by atoms with van der Waals surface area (Å²) in [7, 11) is 3.25. The van der Waals surface area contributed by atoms with Crippen LogP contribution in [-0.4, -0.2) is 28.9 Å². The molecule has 1 atom stereocenters. The number of esters is 1. The predicted molar refractivity (Wildman–Crippen MR) is 58.8 cm³/mol. The third-order valence-electron chi connectivity index (χ3n) is 3.46. The van der Waals surface area contributed by atoms with Crippen molar-refractivity contribution < 1.29 is 9.53 Å². The molecule has 0 saturated heterocycles. The molecule has 1 unspecified atom stereocenters. The second kappa shape index (κ2) is 3.59. The smallest absolute Gasteiger partial charge is 0.323 e. The van der Waals surface area contributed by atoms with Crippen molar-refractivity contribution in [3.05, 3.63) is 17.5 Å². The summed E-state index contributed by atoms with van der Waals surface area (Å²) in [4.78, 5) is 11.5. The van der Waals surface area contributed by atoms with Crippen molar-refractivity contribution in [2.75, 3.05) is 7.11 Å². The predicted octanol–water partition coefficient (Wildman–Crippen LogP) is 0.260. The fraction of sp³-hybridized carbons (Fsp3) is 0.636. The molecule has 5 heteroatoms. The van der Waals surface area contributed by atoms with Gasteiger partial charge in [-0.05, 0) is 25.8 Å². The quantitative estimate of drug-likeness (QED) is 0.746. The highest BCUT2D eigenvalue weighted by Crippen LogP contribution is 2.50. The van der Waals surface area contributed by atoms with Gasteiger partial charge in [0.1, 0.15) is 6.04 Å². The van der Waals surface area contributed by atoms with E-state index in [2.05, 4.69) is 5.10 Å². The summed E-state index contributed by atoms with van der Waals surface area (Å²) < 4.78 is 6.50. The van der Waals surface area contributed by atoms with E-state index >= 15 is 0 Å². The van der Waals surface area contributed by atoms with E-state index in [1.807, 2.05) is 20.0 Å². The van der Waals surface area contributed by atoms with Crippen molar-refractivity contribution in [2.45, 2.75) is 31.2 Å². The molecule has 2 rings (SSSR count). The lowest BCUT2D eigenvalue weighted by molar-refractivity contribution is -0.143. The summed E-state index contributed by atoms with van der Waals surface area (Å²) in [5.74, 6) is -0.360. The van der Waals surface area contributed by atoms with Crippen LogP contribution in [0.2, 0.25) is 0 Å². The Labute approximate surface area is 94.6 Å². The second-order valence-electron chi connectivity index (χ2n) is 4.45. The van der Waals surface area contributed by atoms with E-state index in [1.54, 1.807) is 4.68 Å². The summed E-state index contributed by atoms with van der Waals surface area (Å²) in [6, 6.07) is 1.39. The molecular weight excluding hydrogens is 206 g/mol. The molecule has 0 radical (unpaired) electrons. The van der Waals surface area contributed by atoms with Crippen molar-refractivity contribution >= 4 is 5.97 Å². The number of carbonyl (C=O) groups excluding carboxylic acids is 1. The van der Waals surface area contributed by atoms with Crippen LogP contribution in [0.4, 0.5) is 0 Å². The average Bonchev–Trinajstić information content (AvgIpc) is 3.01. The maximum Gasteiger partial charge on any atom is 0.323 e. The van der Waals surface area contributed by atoms with Gasteiger partial charge in [0.05, 0.1) is 12.8 Å². The minimum absolute atomic E-state index is 0.293. The summed E-state index contributed by atoms with van der Waals surface area (Å²) >= 11 is 0. The first-order valence-corrected chi connectivity index (χ1v) is 5.36. The van der Waals surface area contributed by atoms with Gasteiger partial charge in [0.2, 0.25) is 0 Å². The van der Waals surface area contributed by atoms with Crippen LogP contribution >= 0.6 is 0 Å². The molecular formula is C11H17N3O2. The fourth-order valence-electron chi connectivity index (χ4n) is 2.02. The first-order valence-electron chi connectivity index (χ1n) is 5.36. The maximum absolute atomic E-state index is 11.5. The average molecular weight is 223 g/mol. The number of carbonyl (C=O) groups is 1. The number of hydrogen-bond donors (Lipinski definition) is 1. The topological polar surface area (TPSA) is 70.1 Å². The van der Waals surface area contributed by atoms with Gasteiger partial charge in [-0.25, -0.2) is 0 Å². The van der Waals surface area contributed by atoms with Crippen molar-refractivity contribution in [3.63, 3.8) is 0 Å². The number of nitrogens with two attached hydrogens (primary N) is 1. The van der Waals surface area contributed by atoms with Crippen molar-refractivity contribution in [2.24, 2.45) is 12.8 Å². The molecule has 1 aliphatic rings. The third kappa shape index (κ3) is 1.51. The van der Waals surface area contributed by atoms with Crippen molar-refractivity contribution in [1.82, 2.24) is 9.78 Å². The summed E-state index contributed by atoms with van der Waals surface area (Å²) in [6.45, 7) is 1.98. The number of hydrogen-bond acceptors (Lipinski definition) is 4. The Bertz CT molecular complexity index is 401. The first-order chi connectivity index (χ1) is 7.51. The normalized spacial score (nSPS) is 19.2. The van der Waals surface area contributed by atoms with E-state index in [0.717, 1.165) is 24.2 Å². The Morgan fingerprint density at radius 3 is 2.69 bits per heavy atom. The van der Waals surface area contributed by atoms with E-state index < -0.39 is 6.04 Å². The largest absolute Gasteiger partial charge is 0.468 e. The fourth-order valence-corrected chi connectivity index (χ4v) is 2.02. The lowest BCUT2D eigenvalue weighted by Crippen LogP contribution is -2.43. The second-order valence-corrected chi connectivity index (χ2v) is 4.45. The van der Waals surface area contributed by atoms with Crippen molar-refractivity contribution in [1.29, 1.82) is 0 Å². The van der Waals surface area contributed by atoms with Crippen molar-refractivity contribution in [3.8, 4) is 0 Å². The molecule has 1 aliphatic carbocycles.